The maximum absolute atomic E-state index is 12.1. The van der Waals surface area contributed by atoms with Gasteiger partial charge in [0.15, 0.2) is 5.69 Å². The number of aromatic nitrogens is 2. The first kappa shape index (κ1) is 13.5. The molecule has 0 aliphatic heterocycles. The number of likely N-dealkylation sites (N-methyl/N-ethyl adjacent to an activating group) is 1. The molecule has 0 saturated heterocycles. The largest absolute Gasteiger partial charge is 0.396 e. The van der Waals surface area contributed by atoms with Crippen molar-refractivity contribution in [3.8, 4) is 0 Å². The van der Waals surface area contributed by atoms with Gasteiger partial charge in [-0.1, -0.05) is 0 Å². The maximum atomic E-state index is 12.1. The predicted octanol–water partition coefficient (Wildman–Crippen LogP) is 0.592. The van der Waals surface area contributed by atoms with E-state index in [2.05, 4.69) is 5.10 Å². The SMILES string of the molecule is CCn1cc(N)c(C(=O)N(C)C(C)COC)n1. The van der Waals surface area contributed by atoms with E-state index in [9.17, 15) is 4.79 Å². The molecule has 0 fully saturated rings. The molecule has 1 unspecified atom stereocenters. The zero-order valence-corrected chi connectivity index (χ0v) is 10.8. The lowest BCUT2D eigenvalue weighted by molar-refractivity contribution is 0.0628. The molecule has 6 heteroatoms. The monoisotopic (exact) mass is 240 g/mol. The first-order valence-electron chi connectivity index (χ1n) is 5.60. The molecule has 0 radical (unpaired) electrons. The zero-order valence-electron chi connectivity index (χ0n) is 10.8. The van der Waals surface area contributed by atoms with Crippen molar-refractivity contribution in [2.75, 3.05) is 26.5 Å². The van der Waals surface area contributed by atoms with Crippen molar-refractivity contribution in [2.24, 2.45) is 0 Å². The van der Waals surface area contributed by atoms with Crippen molar-refractivity contribution in [3.63, 3.8) is 0 Å². The topological polar surface area (TPSA) is 73.4 Å². The Morgan fingerprint density at radius 3 is 2.82 bits per heavy atom. The Balaban J connectivity index is 2.84. The van der Waals surface area contributed by atoms with Crippen LogP contribution < -0.4 is 5.73 Å². The molecule has 17 heavy (non-hydrogen) atoms. The van der Waals surface area contributed by atoms with Crippen LogP contribution in [0.15, 0.2) is 6.20 Å². The van der Waals surface area contributed by atoms with Gasteiger partial charge in [0.2, 0.25) is 0 Å². The number of ether oxygens (including phenoxy) is 1. The van der Waals surface area contributed by atoms with Crippen LogP contribution >= 0.6 is 0 Å². The summed E-state index contributed by atoms with van der Waals surface area (Å²) in [5.41, 5.74) is 6.48. The van der Waals surface area contributed by atoms with Crippen molar-refractivity contribution >= 4 is 11.6 Å². The third kappa shape index (κ3) is 2.97. The highest BCUT2D eigenvalue weighted by Crippen LogP contribution is 2.13. The third-order valence-corrected chi connectivity index (χ3v) is 2.71. The van der Waals surface area contributed by atoms with Crippen LogP contribution in [0, 0.1) is 0 Å². The zero-order chi connectivity index (χ0) is 13.0. The molecule has 0 saturated carbocycles. The molecule has 2 N–H and O–H groups in total. The molecule has 1 amide bonds. The Labute approximate surface area is 101 Å². The second-order valence-electron chi connectivity index (χ2n) is 4.01. The minimum absolute atomic E-state index is 0.0151. The fourth-order valence-electron chi connectivity index (χ4n) is 1.49. The number of methoxy groups -OCH3 is 1. The summed E-state index contributed by atoms with van der Waals surface area (Å²) in [7, 11) is 3.32. The fraction of sp³-hybridized carbons (Fsp3) is 0.636. The predicted molar refractivity (Wildman–Crippen MR) is 65.7 cm³/mol. The molecule has 1 heterocycles. The molecule has 1 rings (SSSR count). The number of nitrogens with two attached hydrogens (primary N) is 1. The van der Waals surface area contributed by atoms with Crippen molar-refractivity contribution in [1.29, 1.82) is 0 Å². The number of nitrogen functional groups attached to an aromatic ring is 1. The van der Waals surface area contributed by atoms with E-state index < -0.39 is 0 Å². The van der Waals surface area contributed by atoms with Gasteiger partial charge >= 0.3 is 0 Å². The normalized spacial score (nSPS) is 12.5. The van der Waals surface area contributed by atoms with Crippen LogP contribution in [0.1, 0.15) is 24.3 Å². The van der Waals surface area contributed by atoms with E-state index in [-0.39, 0.29) is 11.9 Å². The first-order valence-corrected chi connectivity index (χ1v) is 5.60. The van der Waals surface area contributed by atoms with Crippen LogP contribution in [0.3, 0.4) is 0 Å². The van der Waals surface area contributed by atoms with E-state index in [1.165, 1.54) is 0 Å². The number of carbonyl (C=O) groups is 1. The molecular weight excluding hydrogens is 220 g/mol. The summed E-state index contributed by atoms with van der Waals surface area (Å²) in [5, 5.41) is 4.15. The second kappa shape index (κ2) is 5.67. The minimum Gasteiger partial charge on any atom is -0.396 e. The molecule has 0 aliphatic rings. The van der Waals surface area contributed by atoms with Gasteiger partial charge in [0, 0.05) is 26.9 Å². The van der Waals surface area contributed by atoms with E-state index in [4.69, 9.17) is 10.5 Å². The number of nitrogens with zero attached hydrogens (tertiary/aromatic N) is 3. The van der Waals surface area contributed by atoms with Crippen LogP contribution in [0.25, 0.3) is 0 Å². The lowest BCUT2D eigenvalue weighted by Crippen LogP contribution is -2.38. The fourth-order valence-corrected chi connectivity index (χ4v) is 1.49. The number of carbonyl (C=O) groups excluding carboxylic acids is 1. The van der Waals surface area contributed by atoms with Crippen molar-refractivity contribution in [3.05, 3.63) is 11.9 Å². The number of aryl methyl sites for hydroxylation is 1. The van der Waals surface area contributed by atoms with E-state index in [1.807, 2.05) is 13.8 Å². The maximum Gasteiger partial charge on any atom is 0.276 e. The standard InChI is InChI=1S/C11H20N4O2/c1-5-15-6-9(12)10(13-15)11(16)14(3)8(2)7-17-4/h6,8H,5,7,12H2,1-4H3. The Hall–Kier alpha value is -1.56. The van der Waals surface area contributed by atoms with Crippen molar-refractivity contribution in [2.45, 2.75) is 26.4 Å². The smallest absolute Gasteiger partial charge is 0.276 e. The van der Waals surface area contributed by atoms with E-state index in [0.29, 0.717) is 24.5 Å². The number of rotatable bonds is 5. The van der Waals surface area contributed by atoms with E-state index in [1.54, 1.807) is 29.9 Å². The number of hydrogen-bond acceptors (Lipinski definition) is 4. The molecular formula is C11H20N4O2. The quantitative estimate of drug-likeness (QED) is 0.817. The van der Waals surface area contributed by atoms with Crippen LogP contribution in [0.5, 0.6) is 0 Å². The van der Waals surface area contributed by atoms with Gasteiger partial charge in [0.25, 0.3) is 5.91 Å². The van der Waals surface area contributed by atoms with Crippen LogP contribution in [-0.2, 0) is 11.3 Å². The summed E-state index contributed by atoms with van der Waals surface area (Å²) in [5.74, 6) is -0.181. The van der Waals surface area contributed by atoms with Crippen molar-refractivity contribution < 1.29 is 9.53 Å². The highest BCUT2D eigenvalue weighted by Gasteiger charge is 2.22. The van der Waals surface area contributed by atoms with Gasteiger partial charge in [0.1, 0.15) is 0 Å². The van der Waals surface area contributed by atoms with Gasteiger partial charge in [-0.2, -0.15) is 5.10 Å². The van der Waals surface area contributed by atoms with Gasteiger partial charge in [0.05, 0.1) is 18.3 Å². The first-order chi connectivity index (χ1) is 8.01. The van der Waals surface area contributed by atoms with Gasteiger partial charge in [-0.15, -0.1) is 0 Å². The van der Waals surface area contributed by atoms with Gasteiger partial charge in [-0.05, 0) is 13.8 Å². The summed E-state index contributed by atoms with van der Waals surface area (Å²) in [6.07, 6.45) is 1.67. The Morgan fingerprint density at radius 1 is 1.71 bits per heavy atom. The van der Waals surface area contributed by atoms with Crippen molar-refractivity contribution in [1.82, 2.24) is 14.7 Å². The molecule has 0 spiro atoms. The number of anilines is 1. The number of amides is 1. The minimum atomic E-state index is -0.181. The summed E-state index contributed by atoms with van der Waals surface area (Å²) < 4.78 is 6.67. The van der Waals surface area contributed by atoms with Crippen LogP contribution in [-0.4, -0.2) is 47.4 Å². The third-order valence-electron chi connectivity index (χ3n) is 2.71. The average Bonchev–Trinajstić information content (AvgIpc) is 2.69. The summed E-state index contributed by atoms with van der Waals surface area (Å²) in [4.78, 5) is 13.7. The highest BCUT2D eigenvalue weighted by molar-refractivity contribution is 5.97. The molecule has 0 bridgehead atoms. The highest BCUT2D eigenvalue weighted by atomic mass is 16.5. The van der Waals surface area contributed by atoms with Crippen LogP contribution in [0.4, 0.5) is 5.69 Å². The Kier molecular flexibility index (Phi) is 4.51. The summed E-state index contributed by atoms with van der Waals surface area (Å²) >= 11 is 0. The molecule has 6 nitrogen and oxygen atoms in total. The van der Waals surface area contributed by atoms with E-state index >= 15 is 0 Å². The average molecular weight is 240 g/mol. The van der Waals surface area contributed by atoms with Gasteiger partial charge < -0.3 is 15.4 Å². The van der Waals surface area contributed by atoms with Gasteiger partial charge in [-0.25, -0.2) is 0 Å². The Bertz CT molecular complexity index is 389. The lowest BCUT2D eigenvalue weighted by Gasteiger charge is -2.23. The molecule has 0 aliphatic carbocycles. The summed E-state index contributed by atoms with van der Waals surface area (Å²) in [6, 6.07) is -0.0151. The Morgan fingerprint density at radius 2 is 2.35 bits per heavy atom. The molecule has 96 valence electrons. The molecule has 1 aromatic rings. The lowest BCUT2D eigenvalue weighted by atomic mass is 10.2. The molecule has 0 aromatic carbocycles. The number of hydrogen-bond donors (Lipinski definition) is 1. The summed E-state index contributed by atoms with van der Waals surface area (Å²) in [6.45, 7) is 5.03. The molecule has 1 aromatic heterocycles. The van der Waals surface area contributed by atoms with Crippen LogP contribution in [0.2, 0.25) is 0 Å². The van der Waals surface area contributed by atoms with E-state index in [0.717, 1.165) is 0 Å². The van der Waals surface area contributed by atoms with Gasteiger partial charge in [-0.3, -0.25) is 9.48 Å². The second-order valence-corrected chi connectivity index (χ2v) is 4.01. The molecule has 1 atom stereocenters.